The summed E-state index contributed by atoms with van der Waals surface area (Å²) in [5, 5.41) is 16.3. The Bertz CT molecular complexity index is 2250. The zero-order valence-electron chi connectivity index (χ0n) is 33.0. The van der Waals surface area contributed by atoms with Gasteiger partial charge >= 0.3 is 5.97 Å². The van der Waals surface area contributed by atoms with E-state index in [-0.39, 0.29) is 41.7 Å². The van der Waals surface area contributed by atoms with Gasteiger partial charge in [0.2, 0.25) is 5.91 Å². The lowest BCUT2D eigenvalue weighted by atomic mass is 9.79. The zero-order valence-corrected chi connectivity index (χ0v) is 34.9. The normalized spacial score (nSPS) is 15.8. The number of ketones is 1. The minimum absolute atomic E-state index is 0.104. The highest BCUT2D eigenvalue weighted by molar-refractivity contribution is 7.96. The third-order valence-corrected chi connectivity index (χ3v) is 15.4. The molecule has 0 unspecified atom stereocenters. The molecular weight excluding hydrogens is 770 g/mol. The number of carbonyl (C=O) groups excluding carboxylic acids is 4. The van der Waals surface area contributed by atoms with Crippen molar-refractivity contribution in [2.75, 3.05) is 7.05 Å². The van der Waals surface area contributed by atoms with E-state index >= 15 is 9.59 Å². The molecular formula is C45H46N3O8PSi. The number of Topliss-reactive ketones (excluding diaryl/α,β-unsaturated/α-hetero) is 1. The van der Waals surface area contributed by atoms with Crippen molar-refractivity contribution in [3.63, 3.8) is 0 Å². The molecule has 1 heterocycles. The van der Waals surface area contributed by atoms with E-state index in [0.717, 1.165) is 15.9 Å². The number of likely N-dealkylation sites (tertiary alicyclic amines) is 1. The molecule has 1 fully saturated rings. The van der Waals surface area contributed by atoms with Crippen LogP contribution in [0.2, 0.25) is 19.6 Å². The summed E-state index contributed by atoms with van der Waals surface area (Å²) in [5.74, 6) is -2.48. The summed E-state index contributed by atoms with van der Waals surface area (Å²) in [6.07, 6.45) is -0.730. The molecule has 2 amide bonds. The lowest BCUT2D eigenvalue weighted by molar-refractivity contribution is -0.384. The second-order valence-electron chi connectivity index (χ2n) is 15.0. The Morgan fingerprint density at radius 3 is 1.71 bits per heavy atom. The molecule has 0 aromatic heterocycles. The molecule has 298 valence electrons. The number of nitrogens with one attached hydrogen (secondary N) is 1. The number of esters is 1. The van der Waals surface area contributed by atoms with Crippen LogP contribution < -0.4 is 21.2 Å². The minimum Gasteiger partial charge on any atom is -0.456 e. The average molecular weight is 816 g/mol. The number of carbonyl (C=O) groups is 4. The highest BCUT2D eigenvalue weighted by atomic mass is 31.2. The second-order valence-corrected chi connectivity index (χ2v) is 22.8. The average Bonchev–Trinajstić information content (AvgIpc) is 3.22. The van der Waals surface area contributed by atoms with Gasteiger partial charge in [-0.1, -0.05) is 103 Å². The van der Waals surface area contributed by atoms with Crippen molar-refractivity contribution < 1.29 is 33.3 Å². The van der Waals surface area contributed by atoms with Gasteiger partial charge in [0.05, 0.1) is 23.0 Å². The van der Waals surface area contributed by atoms with Gasteiger partial charge in [-0.2, -0.15) is 0 Å². The Kier molecular flexibility index (Phi) is 12.7. The lowest BCUT2D eigenvalue weighted by Crippen LogP contribution is -2.69. The van der Waals surface area contributed by atoms with Gasteiger partial charge in [0.25, 0.3) is 11.6 Å². The summed E-state index contributed by atoms with van der Waals surface area (Å²) in [4.78, 5) is 69.3. The van der Waals surface area contributed by atoms with Crippen molar-refractivity contribution in [2.45, 2.75) is 51.7 Å². The van der Waals surface area contributed by atoms with Gasteiger partial charge in [-0.15, -0.1) is 0 Å². The molecule has 0 aliphatic carbocycles. The van der Waals surface area contributed by atoms with Crippen molar-refractivity contribution in [2.24, 2.45) is 5.92 Å². The van der Waals surface area contributed by atoms with E-state index in [1.807, 2.05) is 118 Å². The molecule has 0 spiro atoms. The topological polar surface area (TPSA) is 145 Å². The lowest BCUT2D eigenvalue weighted by Gasteiger charge is -2.52. The van der Waals surface area contributed by atoms with Gasteiger partial charge in [-0.05, 0) is 72.3 Å². The number of ether oxygens (including phenoxy) is 1. The highest BCUT2D eigenvalue weighted by Gasteiger charge is 2.56. The molecule has 1 saturated heterocycles. The Morgan fingerprint density at radius 2 is 1.26 bits per heavy atom. The third kappa shape index (κ3) is 8.64. The van der Waals surface area contributed by atoms with Crippen LogP contribution in [0.4, 0.5) is 5.69 Å². The number of hydrogen-bond acceptors (Lipinski definition) is 8. The molecule has 13 heteroatoms. The number of nitro groups is 1. The molecule has 1 aliphatic rings. The van der Waals surface area contributed by atoms with Gasteiger partial charge in [0, 0.05) is 43.6 Å². The van der Waals surface area contributed by atoms with Gasteiger partial charge in [-0.3, -0.25) is 24.5 Å². The highest BCUT2D eigenvalue weighted by Crippen LogP contribution is 2.50. The zero-order chi connectivity index (χ0) is 41.6. The Labute approximate surface area is 339 Å². The predicted octanol–water partition coefficient (Wildman–Crippen LogP) is 6.46. The van der Waals surface area contributed by atoms with Gasteiger partial charge in [-0.25, -0.2) is 4.79 Å². The van der Waals surface area contributed by atoms with E-state index in [1.54, 1.807) is 24.3 Å². The van der Waals surface area contributed by atoms with E-state index in [9.17, 15) is 19.7 Å². The first-order valence-corrected chi connectivity index (χ1v) is 24.2. The molecule has 5 aromatic rings. The summed E-state index contributed by atoms with van der Waals surface area (Å²) < 4.78 is 12.7. The number of amides is 2. The van der Waals surface area contributed by atoms with E-state index in [0.29, 0.717) is 16.7 Å². The molecule has 1 aliphatic heterocycles. The van der Waals surface area contributed by atoms with Crippen LogP contribution >= 0.6 is 6.89 Å². The molecule has 0 saturated carbocycles. The quantitative estimate of drug-likeness (QED) is 0.0241. The molecule has 1 N–H and O–H groups in total. The van der Waals surface area contributed by atoms with Crippen LogP contribution in [0.1, 0.15) is 39.6 Å². The minimum atomic E-state index is -3.32. The van der Waals surface area contributed by atoms with Crippen LogP contribution in [0.15, 0.2) is 140 Å². The van der Waals surface area contributed by atoms with E-state index in [2.05, 4.69) is 5.32 Å². The fraction of sp³-hybridized carbons (Fsp3) is 0.222. The number of benzene rings is 5. The van der Waals surface area contributed by atoms with E-state index < -0.39 is 44.2 Å². The van der Waals surface area contributed by atoms with Crippen LogP contribution in [0.3, 0.4) is 0 Å². The summed E-state index contributed by atoms with van der Waals surface area (Å²) in [6.45, 7) is 4.37. The first-order chi connectivity index (χ1) is 27.8. The Morgan fingerprint density at radius 1 is 0.776 bits per heavy atom. The van der Waals surface area contributed by atoms with Crippen LogP contribution in [-0.4, -0.2) is 66.3 Å². The van der Waals surface area contributed by atoms with Crippen LogP contribution in [0, 0.1) is 16.0 Å². The fourth-order valence-corrected chi connectivity index (χ4v) is 13.2. The van der Waals surface area contributed by atoms with Crippen molar-refractivity contribution in [3.05, 3.63) is 166 Å². The number of nitro benzene ring substituents is 1. The van der Waals surface area contributed by atoms with Crippen molar-refractivity contribution >= 4 is 65.8 Å². The van der Waals surface area contributed by atoms with Crippen LogP contribution in [0.5, 0.6) is 0 Å². The number of rotatable bonds is 15. The van der Waals surface area contributed by atoms with Gasteiger partial charge in [0.1, 0.15) is 12.0 Å². The summed E-state index contributed by atoms with van der Waals surface area (Å²) in [7, 11) is -0.674. The third-order valence-electron chi connectivity index (χ3n) is 10.1. The van der Waals surface area contributed by atoms with E-state index in [1.165, 1.54) is 36.2 Å². The molecule has 58 heavy (non-hydrogen) atoms. The van der Waals surface area contributed by atoms with Gasteiger partial charge < -0.3 is 19.4 Å². The first-order valence-electron chi connectivity index (χ1n) is 19.0. The number of non-ortho nitro benzene ring substituents is 1. The monoisotopic (exact) mass is 815 g/mol. The summed E-state index contributed by atoms with van der Waals surface area (Å²) in [6, 6.07) is 40.0. The first kappa shape index (κ1) is 41.7. The second kappa shape index (κ2) is 17.7. The Balaban J connectivity index is 1.60. The van der Waals surface area contributed by atoms with Crippen molar-refractivity contribution in [1.29, 1.82) is 0 Å². The summed E-state index contributed by atoms with van der Waals surface area (Å²) >= 11 is 0. The maximum Gasteiger partial charge on any atom is 0.356 e. The molecule has 11 nitrogen and oxygen atoms in total. The van der Waals surface area contributed by atoms with Crippen molar-refractivity contribution in [3.8, 4) is 0 Å². The van der Waals surface area contributed by atoms with Crippen LogP contribution in [0.25, 0.3) is 0 Å². The standard InChI is InChI=1S/C45H46N3O8PSi/c1-31(56-58(3,4)5)41-39(29-40(49)33-23-25-34(26-24-33)42(50)46-2)47(43(41)51)44(45(52)55-30-32-21-27-35(28-22-32)48(53)54)57(36-15-9-6-10-16-36,37-17-11-7-12-18-37)38-19-13-8-14-20-38/h6-28,31,39,41H,29-30H2,1-5H3,(H,46,50)/t31-,39-,41-/m1/s1. The maximum atomic E-state index is 15.3. The maximum absolute atomic E-state index is 15.3. The number of β-lactam (4-membered cyclic amide) rings is 1. The Hall–Kier alpha value is -5.94. The van der Waals surface area contributed by atoms with E-state index in [4.69, 9.17) is 9.16 Å². The molecule has 5 aromatic carbocycles. The molecule has 0 bridgehead atoms. The molecule has 0 radical (unpaired) electrons. The SMILES string of the molecule is CNC(=O)c1ccc(C(=O)C[C@@H]2[C@@H]([C@@H](C)O[Si](C)(C)C)C(=O)N2C(C(=O)OCc2ccc([N+](=O)[O-])cc2)=P(c2ccccc2)(c2ccccc2)c2ccccc2)cc1. The summed E-state index contributed by atoms with van der Waals surface area (Å²) in [5.41, 5.74) is 1.25. The van der Waals surface area contributed by atoms with Crippen molar-refractivity contribution in [1.82, 2.24) is 10.2 Å². The predicted molar refractivity (Wildman–Crippen MR) is 230 cm³/mol. The molecule has 3 atom stereocenters. The fourth-order valence-electron chi connectivity index (χ4n) is 7.54. The number of hydrogen-bond donors (Lipinski definition) is 1. The molecule has 6 rings (SSSR count). The largest absolute Gasteiger partial charge is 0.456 e. The number of nitrogens with zero attached hydrogens (tertiary/aromatic N) is 2. The van der Waals surface area contributed by atoms with Gasteiger partial charge in [0.15, 0.2) is 14.1 Å². The van der Waals surface area contributed by atoms with Crippen LogP contribution in [-0.2, 0) is 25.4 Å². The smallest absolute Gasteiger partial charge is 0.356 e.